The van der Waals surface area contributed by atoms with E-state index in [9.17, 15) is 9.59 Å². The number of nitrogens with one attached hydrogen (secondary N) is 1. The second kappa shape index (κ2) is 6.98. The summed E-state index contributed by atoms with van der Waals surface area (Å²) in [7, 11) is 3.44. The van der Waals surface area contributed by atoms with Crippen LogP contribution in [0.2, 0.25) is 0 Å². The first-order chi connectivity index (χ1) is 13.0. The number of aromatic amines is 1. The molecule has 1 spiro atoms. The summed E-state index contributed by atoms with van der Waals surface area (Å²) >= 11 is 0. The van der Waals surface area contributed by atoms with Crippen LogP contribution in [0.5, 0.6) is 0 Å². The number of aromatic nitrogens is 1. The van der Waals surface area contributed by atoms with Gasteiger partial charge < -0.3 is 24.3 Å². The lowest BCUT2D eigenvalue weighted by molar-refractivity contribution is -0.188. The van der Waals surface area contributed by atoms with Crippen LogP contribution in [0.15, 0.2) is 30.3 Å². The SMILES string of the molecule is CN(C)C(=O)COC1CCOC2(C1)CN(C(=O)c1cc3ccccc3[nH]1)C2. The Bertz CT molecular complexity index is 821. The van der Waals surface area contributed by atoms with Crippen molar-refractivity contribution in [3.8, 4) is 0 Å². The number of carbonyl (C=O) groups is 2. The van der Waals surface area contributed by atoms with Gasteiger partial charge in [-0.15, -0.1) is 0 Å². The third kappa shape index (κ3) is 3.57. The molecule has 1 atom stereocenters. The van der Waals surface area contributed by atoms with Gasteiger partial charge in [0.25, 0.3) is 5.91 Å². The van der Waals surface area contributed by atoms with Gasteiger partial charge in [0, 0.05) is 38.0 Å². The van der Waals surface area contributed by atoms with E-state index < -0.39 is 0 Å². The van der Waals surface area contributed by atoms with Crippen LogP contribution in [0.25, 0.3) is 10.9 Å². The van der Waals surface area contributed by atoms with E-state index in [1.807, 2.05) is 30.3 Å². The van der Waals surface area contributed by atoms with E-state index in [0.717, 1.165) is 17.3 Å². The van der Waals surface area contributed by atoms with Crippen molar-refractivity contribution >= 4 is 22.7 Å². The van der Waals surface area contributed by atoms with Crippen molar-refractivity contribution in [2.75, 3.05) is 40.4 Å². The third-order valence-electron chi connectivity index (χ3n) is 5.39. The quantitative estimate of drug-likeness (QED) is 0.887. The highest BCUT2D eigenvalue weighted by molar-refractivity contribution is 5.98. The molecule has 0 saturated carbocycles. The molecule has 7 nitrogen and oxygen atoms in total. The number of ether oxygens (including phenoxy) is 2. The largest absolute Gasteiger partial charge is 0.371 e. The average molecular weight is 371 g/mol. The van der Waals surface area contributed by atoms with E-state index in [1.54, 1.807) is 19.0 Å². The summed E-state index contributed by atoms with van der Waals surface area (Å²) in [4.78, 5) is 31.0. The number of nitrogens with zero attached hydrogens (tertiary/aromatic N) is 2. The summed E-state index contributed by atoms with van der Waals surface area (Å²) < 4.78 is 11.8. The minimum Gasteiger partial charge on any atom is -0.371 e. The van der Waals surface area contributed by atoms with Crippen LogP contribution in [0.1, 0.15) is 23.3 Å². The summed E-state index contributed by atoms with van der Waals surface area (Å²) in [5, 5.41) is 1.03. The van der Waals surface area contributed by atoms with Crippen LogP contribution in [0.3, 0.4) is 0 Å². The molecule has 0 radical (unpaired) electrons. The minimum absolute atomic E-state index is 0.00650. The molecule has 2 amide bonds. The third-order valence-corrected chi connectivity index (χ3v) is 5.39. The molecule has 7 heteroatoms. The molecule has 1 N–H and O–H groups in total. The van der Waals surface area contributed by atoms with Gasteiger partial charge in [-0.1, -0.05) is 18.2 Å². The normalized spacial score (nSPS) is 21.3. The number of fused-ring (bicyclic) bond motifs is 1. The molecule has 2 aliphatic heterocycles. The lowest BCUT2D eigenvalue weighted by Crippen LogP contribution is -2.67. The predicted octanol–water partition coefficient (Wildman–Crippen LogP) is 1.65. The zero-order chi connectivity index (χ0) is 19.0. The molecule has 2 fully saturated rings. The Balaban J connectivity index is 1.34. The highest BCUT2D eigenvalue weighted by atomic mass is 16.5. The van der Waals surface area contributed by atoms with Gasteiger partial charge in [-0.25, -0.2) is 0 Å². The Morgan fingerprint density at radius 3 is 2.85 bits per heavy atom. The zero-order valence-electron chi connectivity index (χ0n) is 15.7. The van der Waals surface area contributed by atoms with E-state index in [4.69, 9.17) is 9.47 Å². The summed E-state index contributed by atoms with van der Waals surface area (Å²) in [6, 6.07) is 9.75. The van der Waals surface area contributed by atoms with Crippen molar-refractivity contribution in [2.24, 2.45) is 0 Å². The number of para-hydroxylation sites is 1. The van der Waals surface area contributed by atoms with Crippen molar-refractivity contribution in [3.63, 3.8) is 0 Å². The van der Waals surface area contributed by atoms with Crippen molar-refractivity contribution < 1.29 is 19.1 Å². The molecular weight excluding hydrogens is 346 g/mol. The number of hydrogen-bond acceptors (Lipinski definition) is 4. The van der Waals surface area contributed by atoms with E-state index in [0.29, 0.717) is 31.8 Å². The van der Waals surface area contributed by atoms with Gasteiger partial charge in [-0.2, -0.15) is 0 Å². The van der Waals surface area contributed by atoms with Crippen molar-refractivity contribution in [1.82, 2.24) is 14.8 Å². The minimum atomic E-state index is -0.342. The molecule has 1 aromatic heterocycles. The zero-order valence-corrected chi connectivity index (χ0v) is 15.7. The number of amides is 2. The second-order valence-corrected chi connectivity index (χ2v) is 7.68. The fraction of sp³-hybridized carbons (Fsp3) is 0.500. The van der Waals surface area contributed by atoms with E-state index in [2.05, 4.69) is 4.98 Å². The maximum Gasteiger partial charge on any atom is 0.270 e. The first-order valence-electron chi connectivity index (χ1n) is 9.28. The van der Waals surface area contributed by atoms with Crippen LogP contribution in [0, 0.1) is 0 Å². The van der Waals surface area contributed by atoms with Crippen LogP contribution in [-0.4, -0.2) is 78.7 Å². The predicted molar refractivity (Wildman–Crippen MR) is 101 cm³/mol. The number of carbonyl (C=O) groups excluding carboxylic acids is 2. The fourth-order valence-corrected chi connectivity index (χ4v) is 3.82. The van der Waals surface area contributed by atoms with E-state index in [1.165, 1.54) is 4.90 Å². The molecule has 27 heavy (non-hydrogen) atoms. The van der Waals surface area contributed by atoms with Crippen LogP contribution in [0.4, 0.5) is 0 Å². The molecule has 3 heterocycles. The standard InChI is InChI=1S/C20H25N3O4/c1-22(2)18(24)11-26-15-7-8-27-20(10-15)12-23(13-20)19(25)17-9-14-5-3-4-6-16(14)21-17/h3-6,9,15,21H,7-8,10-13H2,1-2H3. The lowest BCUT2D eigenvalue weighted by Gasteiger charge is -2.52. The van der Waals surface area contributed by atoms with Crippen molar-refractivity contribution in [1.29, 1.82) is 0 Å². The molecule has 4 rings (SSSR count). The summed E-state index contributed by atoms with van der Waals surface area (Å²) in [6.45, 7) is 1.80. The first-order valence-corrected chi connectivity index (χ1v) is 9.28. The van der Waals surface area contributed by atoms with Crippen LogP contribution < -0.4 is 0 Å². The molecule has 2 aliphatic rings. The van der Waals surface area contributed by atoms with Gasteiger partial charge in [0.05, 0.1) is 19.2 Å². The molecule has 1 unspecified atom stereocenters. The number of rotatable bonds is 4. The number of benzene rings is 1. The van der Waals surface area contributed by atoms with Gasteiger partial charge in [-0.05, 0) is 18.6 Å². The van der Waals surface area contributed by atoms with Gasteiger partial charge >= 0.3 is 0 Å². The summed E-state index contributed by atoms with van der Waals surface area (Å²) in [5.74, 6) is -0.0500. The summed E-state index contributed by atoms with van der Waals surface area (Å²) in [5.41, 5.74) is 1.22. The van der Waals surface area contributed by atoms with E-state index in [-0.39, 0.29) is 30.1 Å². The number of likely N-dealkylation sites (tertiary alicyclic amines) is 1. The molecule has 144 valence electrons. The Morgan fingerprint density at radius 1 is 1.33 bits per heavy atom. The number of likely N-dealkylation sites (N-methyl/N-ethyl adjacent to an activating group) is 1. The lowest BCUT2D eigenvalue weighted by atomic mass is 9.84. The molecule has 0 aliphatic carbocycles. The monoisotopic (exact) mass is 371 g/mol. The van der Waals surface area contributed by atoms with E-state index >= 15 is 0 Å². The molecule has 0 bridgehead atoms. The van der Waals surface area contributed by atoms with Gasteiger partial charge in [-0.3, -0.25) is 9.59 Å². The number of hydrogen-bond donors (Lipinski definition) is 1. The fourth-order valence-electron chi connectivity index (χ4n) is 3.82. The maximum absolute atomic E-state index is 12.8. The molecule has 2 saturated heterocycles. The van der Waals surface area contributed by atoms with Crippen molar-refractivity contribution in [3.05, 3.63) is 36.0 Å². The Kier molecular flexibility index (Phi) is 4.65. The molecule has 1 aromatic carbocycles. The molecular formula is C20H25N3O4. The van der Waals surface area contributed by atoms with Crippen molar-refractivity contribution in [2.45, 2.75) is 24.5 Å². The topological polar surface area (TPSA) is 74.9 Å². The van der Waals surface area contributed by atoms with Gasteiger partial charge in [0.1, 0.15) is 17.9 Å². The number of H-pyrrole nitrogens is 1. The smallest absolute Gasteiger partial charge is 0.270 e. The van der Waals surface area contributed by atoms with Gasteiger partial charge in [0.2, 0.25) is 5.91 Å². The Hall–Kier alpha value is -2.38. The molecule has 2 aromatic rings. The van der Waals surface area contributed by atoms with Gasteiger partial charge in [0.15, 0.2) is 0 Å². The Labute approximate surface area is 158 Å². The summed E-state index contributed by atoms with van der Waals surface area (Å²) in [6.07, 6.45) is 1.48. The maximum atomic E-state index is 12.8. The highest BCUT2D eigenvalue weighted by Gasteiger charge is 2.50. The highest BCUT2D eigenvalue weighted by Crippen LogP contribution is 2.36. The first kappa shape index (κ1) is 18.0. The van der Waals surface area contributed by atoms with Crippen LogP contribution in [-0.2, 0) is 14.3 Å². The average Bonchev–Trinajstić information content (AvgIpc) is 3.07. The second-order valence-electron chi connectivity index (χ2n) is 7.68. The van der Waals surface area contributed by atoms with Crippen LogP contribution >= 0.6 is 0 Å². The Morgan fingerprint density at radius 2 is 2.11 bits per heavy atom.